The fraction of sp³-hybridized carbons (Fsp3) is 0.421. The minimum Gasteiger partial charge on any atom is -0.467 e. The van der Waals surface area contributed by atoms with Crippen molar-refractivity contribution in [2.45, 2.75) is 39.0 Å². The Hall–Kier alpha value is -2.83. The Morgan fingerprint density at radius 2 is 1.92 bits per heavy atom. The molecule has 0 radical (unpaired) electrons. The van der Waals surface area contributed by atoms with Gasteiger partial charge in [-0.1, -0.05) is 30.3 Å². The standard InChI is InChI=1S/C19H25N3O4/c1-14(2)22(19(24)26-12-15-8-6-5-7-9-15)17(18(23)25-4)10-16-11-21(3)13-20-16/h5-9,11,13-14,17H,10,12H2,1-4H3/t17-/m0/s1. The first-order valence-corrected chi connectivity index (χ1v) is 8.46. The van der Waals surface area contributed by atoms with Crippen LogP contribution in [0.15, 0.2) is 42.9 Å². The molecule has 0 saturated carbocycles. The van der Waals surface area contributed by atoms with Gasteiger partial charge in [-0.15, -0.1) is 0 Å². The minimum atomic E-state index is -0.807. The maximum atomic E-state index is 12.7. The molecule has 1 aromatic carbocycles. The lowest BCUT2D eigenvalue weighted by Crippen LogP contribution is -2.50. The second kappa shape index (κ2) is 9.03. The number of methoxy groups -OCH3 is 1. The Bertz CT molecular complexity index is 727. The summed E-state index contributed by atoms with van der Waals surface area (Å²) in [5, 5.41) is 0. The zero-order valence-electron chi connectivity index (χ0n) is 15.6. The summed E-state index contributed by atoms with van der Waals surface area (Å²) in [6.45, 7) is 3.80. The summed E-state index contributed by atoms with van der Waals surface area (Å²) in [7, 11) is 3.15. The summed E-state index contributed by atoms with van der Waals surface area (Å²) in [5.74, 6) is -0.499. The third kappa shape index (κ3) is 5.08. The molecular formula is C19H25N3O4. The summed E-state index contributed by atoms with van der Waals surface area (Å²) in [6.07, 6.45) is 3.16. The van der Waals surface area contributed by atoms with Crippen molar-refractivity contribution in [2.24, 2.45) is 7.05 Å². The highest BCUT2D eigenvalue weighted by Crippen LogP contribution is 2.15. The highest BCUT2D eigenvalue weighted by molar-refractivity contribution is 5.81. The van der Waals surface area contributed by atoms with Gasteiger partial charge in [0.25, 0.3) is 0 Å². The number of carbonyl (C=O) groups is 2. The molecule has 0 spiro atoms. The summed E-state index contributed by atoms with van der Waals surface area (Å²) >= 11 is 0. The molecule has 7 heteroatoms. The van der Waals surface area contributed by atoms with E-state index in [1.54, 1.807) is 10.9 Å². The van der Waals surface area contributed by atoms with Gasteiger partial charge >= 0.3 is 12.1 Å². The van der Waals surface area contributed by atoms with E-state index in [-0.39, 0.29) is 19.1 Å². The molecule has 0 bridgehead atoms. The number of benzene rings is 1. The number of ether oxygens (including phenoxy) is 2. The number of esters is 1. The van der Waals surface area contributed by atoms with E-state index in [1.807, 2.05) is 57.4 Å². The second-order valence-electron chi connectivity index (χ2n) is 6.31. The molecule has 2 aromatic rings. The van der Waals surface area contributed by atoms with Crippen molar-refractivity contribution in [1.82, 2.24) is 14.5 Å². The minimum absolute atomic E-state index is 0.139. The molecule has 1 heterocycles. The fourth-order valence-electron chi connectivity index (χ4n) is 2.69. The average Bonchev–Trinajstić information content (AvgIpc) is 3.04. The maximum Gasteiger partial charge on any atom is 0.411 e. The Morgan fingerprint density at radius 1 is 1.23 bits per heavy atom. The van der Waals surface area contributed by atoms with Crippen molar-refractivity contribution in [2.75, 3.05) is 7.11 Å². The van der Waals surface area contributed by atoms with Crippen LogP contribution in [0.25, 0.3) is 0 Å². The number of imidazole rings is 1. The van der Waals surface area contributed by atoms with E-state index in [1.165, 1.54) is 12.0 Å². The van der Waals surface area contributed by atoms with E-state index >= 15 is 0 Å². The number of rotatable bonds is 7. The summed E-state index contributed by atoms with van der Waals surface area (Å²) in [6, 6.07) is 8.34. The van der Waals surface area contributed by atoms with Crippen LogP contribution in [-0.2, 0) is 34.3 Å². The van der Waals surface area contributed by atoms with Crippen molar-refractivity contribution in [1.29, 1.82) is 0 Å². The first-order valence-electron chi connectivity index (χ1n) is 8.46. The Kier molecular flexibility index (Phi) is 6.77. The number of nitrogens with zero attached hydrogens (tertiary/aromatic N) is 3. The number of aromatic nitrogens is 2. The largest absolute Gasteiger partial charge is 0.467 e. The number of amides is 1. The molecule has 0 saturated heterocycles. The van der Waals surface area contributed by atoms with Gasteiger partial charge in [-0.05, 0) is 19.4 Å². The van der Waals surface area contributed by atoms with Crippen LogP contribution in [-0.4, -0.2) is 45.7 Å². The van der Waals surface area contributed by atoms with Gasteiger partial charge in [0.05, 0.1) is 19.1 Å². The first kappa shape index (κ1) is 19.5. The molecule has 1 aromatic heterocycles. The van der Waals surface area contributed by atoms with Gasteiger partial charge in [0.15, 0.2) is 0 Å². The molecule has 0 fully saturated rings. The maximum absolute atomic E-state index is 12.7. The van der Waals surface area contributed by atoms with Crippen molar-refractivity contribution >= 4 is 12.1 Å². The van der Waals surface area contributed by atoms with Crippen LogP contribution in [0.2, 0.25) is 0 Å². The Labute approximate surface area is 153 Å². The van der Waals surface area contributed by atoms with Crippen LogP contribution in [0, 0.1) is 0 Å². The van der Waals surface area contributed by atoms with Gasteiger partial charge in [0, 0.05) is 25.7 Å². The first-order chi connectivity index (χ1) is 12.4. The molecule has 0 N–H and O–H groups in total. The number of hydrogen-bond acceptors (Lipinski definition) is 5. The van der Waals surface area contributed by atoms with E-state index in [4.69, 9.17) is 9.47 Å². The van der Waals surface area contributed by atoms with Gasteiger partial charge in [0.2, 0.25) is 0 Å². The van der Waals surface area contributed by atoms with Crippen molar-refractivity contribution in [3.8, 4) is 0 Å². The SMILES string of the molecule is COC(=O)[C@H](Cc1cn(C)cn1)N(C(=O)OCc1ccccc1)C(C)C. The summed E-state index contributed by atoms with van der Waals surface area (Å²) in [4.78, 5) is 30.7. The number of aryl methyl sites for hydroxylation is 1. The van der Waals surface area contributed by atoms with Gasteiger partial charge in [0.1, 0.15) is 12.6 Å². The van der Waals surface area contributed by atoms with Gasteiger partial charge in [-0.25, -0.2) is 14.6 Å². The van der Waals surface area contributed by atoms with Crippen molar-refractivity contribution in [3.05, 3.63) is 54.1 Å². The molecule has 7 nitrogen and oxygen atoms in total. The van der Waals surface area contributed by atoms with E-state index in [0.717, 1.165) is 5.56 Å². The molecule has 26 heavy (non-hydrogen) atoms. The van der Waals surface area contributed by atoms with Crippen LogP contribution in [0.5, 0.6) is 0 Å². The smallest absolute Gasteiger partial charge is 0.411 e. The van der Waals surface area contributed by atoms with Crippen LogP contribution in [0.3, 0.4) is 0 Å². The van der Waals surface area contributed by atoms with Crippen LogP contribution >= 0.6 is 0 Å². The molecule has 2 rings (SSSR count). The molecule has 1 amide bonds. The zero-order valence-corrected chi connectivity index (χ0v) is 15.6. The molecule has 0 aliphatic carbocycles. The Morgan fingerprint density at radius 3 is 2.46 bits per heavy atom. The van der Waals surface area contributed by atoms with Gasteiger partial charge in [-0.2, -0.15) is 0 Å². The lowest BCUT2D eigenvalue weighted by Gasteiger charge is -2.32. The van der Waals surface area contributed by atoms with Gasteiger partial charge < -0.3 is 14.0 Å². The summed E-state index contributed by atoms with van der Waals surface area (Å²) in [5.41, 5.74) is 1.58. The third-order valence-corrected chi connectivity index (χ3v) is 3.94. The van der Waals surface area contributed by atoms with Crippen LogP contribution in [0.4, 0.5) is 4.79 Å². The molecule has 0 unspecified atom stereocenters. The lowest BCUT2D eigenvalue weighted by atomic mass is 10.1. The lowest BCUT2D eigenvalue weighted by molar-refractivity contribution is -0.147. The molecule has 0 aliphatic rings. The highest BCUT2D eigenvalue weighted by atomic mass is 16.6. The molecule has 1 atom stereocenters. The molecule has 140 valence electrons. The molecular weight excluding hydrogens is 334 g/mol. The zero-order chi connectivity index (χ0) is 19.1. The van der Waals surface area contributed by atoms with E-state index < -0.39 is 18.1 Å². The molecule has 0 aliphatic heterocycles. The normalized spacial score (nSPS) is 11.9. The average molecular weight is 359 g/mol. The number of hydrogen-bond donors (Lipinski definition) is 0. The second-order valence-corrected chi connectivity index (χ2v) is 6.31. The van der Waals surface area contributed by atoms with E-state index in [0.29, 0.717) is 5.69 Å². The van der Waals surface area contributed by atoms with E-state index in [2.05, 4.69) is 4.98 Å². The summed E-state index contributed by atoms with van der Waals surface area (Å²) < 4.78 is 12.1. The monoisotopic (exact) mass is 359 g/mol. The Balaban J connectivity index is 2.16. The predicted octanol–water partition coefficient (Wildman–Crippen LogP) is 2.55. The topological polar surface area (TPSA) is 73.7 Å². The van der Waals surface area contributed by atoms with Crippen LogP contribution in [0.1, 0.15) is 25.1 Å². The third-order valence-electron chi connectivity index (χ3n) is 3.94. The van der Waals surface area contributed by atoms with Crippen molar-refractivity contribution in [3.63, 3.8) is 0 Å². The fourth-order valence-corrected chi connectivity index (χ4v) is 2.69. The van der Waals surface area contributed by atoms with E-state index in [9.17, 15) is 9.59 Å². The van der Waals surface area contributed by atoms with Crippen molar-refractivity contribution < 1.29 is 19.1 Å². The van der Waals surface area contributed by atoms with Gasteiger partial charge in [-0.3, -0.25) is 4.90 Å². The number of carbonyl (C=O) groups excluding carboxylic acids is 2. The quantitative estimate of drug-likeness (QED) is 0.710. The highest BCUT2D eigenvalue weighted by Gasteiger charge is 2.34. The van der Waals surface area contributed by atoms with Crippen LogP contribution < -0.4 is 0 Å². The predicted molar refractivity (Wildman–Crippen MR) is 96.3 cm³/mol.